The van der Waals surface area contributed by atoms with Crippen LogP contribution in [-0.4, -0.2) is 35.8 Å². The predicted octanol–water partition coefficient (Wildman–Crippen LogP) is 3.07. The van der Waals surface area contributed by atoms with Gasteiger partial charge in [0.15, 0.2) is 0 Å². The van der Waals surface area contributed by atoms with Crippen LogP contribution in [0.5, 0.6) is 0 Å². The van der Waals surface area contributed by atoms with Gasteiger partial charge in [-0.3, -0.25) is 9.59 Å². The fourth-order valence-electron chi connectivity index (χ4n) is 1.97. The molecule has 0 aliphatic heterocycles. The largest absolute Gasteiger partial charge is 0.353 e. The van der Waals surface area contributed by atoms with Gasteiger partial charge >= 0.3 is 0 Å². The lowest BCUT2D eigenvalue weighted by Gasteiger charge is -2.26. The second-order valence-electron chi connectivity index (χ2n) is 6.96. The number of nitrogens with one attached hydrogen (secondary N) is 1. The van der Waals surface area contributed by atoms with Crippen LogP contribution in [-0.2, 0) is 9.59 Å². The van der Waals surface area contributed by atoms with E-state index >= 15 is 0 Å². The van der Waals surface area contributed by atoms with E-state index in [9.17, 15) is 9.59 Å². The van der Waals surface area contributed by atoms with Crippen molar-refractivity contribution >= 4 is 11.8 Å². The number of carbonyl (C=O) groups is 2. The summed E-state index contributed by atoms with van der Waals surface area (Å²) in [6.45, 7) is 14.1. The molecule has 0 rings (SSSR count). The summed E-state index contributed by atoms with van der Waals surface area (Å²) in [6.07, 6.45) is 1.63. The Kier molecular flexibility index (Phi) is 8.60. The maximum Gasteiger partial charge on any atom is 0.225 e. The first kappa shape index (κ1) is 19.9. The van der Waals surface area contributed by atoms with E-state index in [2.05, 4.69) is 19.2 Å². The summed E-state index contributed by atoms with van der Waals surface area (Å²) < 4.78 is 0. The van der Waals surface area contributed by atoms with Crippen molar-refractivity contribution in [3.8, 4) is 0 Å². The van der Waals surface area contributed by atoms with Gasteiger partial charge in [-0.05, 0) is 39.5 Å². The Morgan fingerprint density at radius 1 is 0.952 bits per heavy atom. The summed E-state index contributed by atoms with van der Waals surface area (Å²) >= 11 is 0. The van der Waals surface area contributed by atoms with E-state index in [1.807, 2.05) is 41.7 Å². The van der Waals surface area contributed by atoms with Crippen molar-refractivity contribution in [1.29, 1.82) is 0 Å². The fraction of sp³-hybridized carbons (Fsp3) is 0.882. The minimum Gasteiger partial charge on any atom is -0.353 e. The van der Waals surface area contributed by atoms with Crippen LogP contribution in [0.2, 0.25) is 0 Å². The first-order chi connectivity index (χ1) is 9.57. The van der Waals surface area contributed by atoms with E-state index in [4.69, 9.17) is 0 Å². The fourth-order valence-corrected chi connectivity index (χ4v) is 1.97. The Morgan fingerprint density at radius 2 is 1.48 bits per heavy atom. The monoisotopic (exact) mass is 298 g/mol. The Balaban J connectivity index is 4.22. The zero-order valence-electron chi connectivity index (χ0n) is 15.1. The highest BCUT2D eigenvalue weighted by Crippen LogP contribution is 2.14. The van der Waals surface area contributed by atoms with Gasteiger partial charge < -0.3 is 10.2 Å². The first-order valence-corrected chi connectivity index (χ1v) is 8.14. The molecule has 0 bridgehead atoms. The van der Waals surface area contributed by atoms with E-state index in [-0.39, 0.29) is 35.7 Å². The van der Waals surface area contributed by atoms with Crippen LogP contribution >= 0.6 is 0 Å². The highest BCUT2D eigenvalue weighted by atomic mass is 16.2. The molecule has 3 atom stereocenters. The summed E-state index contributed by atoms with van der Waals surface area (Å²) in [5.74, 6) is 0.657. The molecule has 0 spiro atoms. The van der Waals surface area contributed by atoms with Gasteiger partial charge in [0, 0.05) is 31.0 Å². The van der Waals surface area contributed by atoms with Crippen molar-refractivity contribution in [3.63, 3.8) is 0 Å². The summed E-state index contributed by atoms with van der Waals surface area (Å²) in [4.78, 5) is 25.9. The van der Waals surface area contributed by atoms with E-state index in [1.165, 1.54) is 0 Å². The number of amides is 2. The van der Waals surface area contributed by atoms with Crippen LogP contribution in [0.15, 0.2) is 0 Å². The highest BCUT2D eigenvalue weighted by molar-refractivity contribution is 5.79. The molecule has 0 aromatic rings. The molecule has 0 fully saturated rings. The average Bonchev–Trinajstić information content (AvgIpc) is 2.41. The Labute approximate surface area is 130 Å². The Bertz CT molecular complexity index is 340. The number of hydrogen-bond donors (Lipinski definition) is 1. The van der Waals surface area contributed by atoms with Gasteiger partial charge in [-0.1, -0.05) is 27.7 Å². The van der Waals surface area contributed by atoms with Crippen LogP contribution in [0.4, 0.5) is 0 Å². The zero-order chi connectivity index (χ0) is 16.7. The molecule has 2 amide bonds. The maximum absolute atomic E-state index is 12.2. The quantitative estimate of drug-likeness (QED) is 0.748. The van der Waals surface area contributed by atoms with Crippen molar-refractivity contribution in [3.05, 3.63) is 0 Å². The molecule has 124 valence electrons. The third-order valence-corrected chi connectivity index (χ3v) is 4.38. The molecule has 0 aromatic heterocycles. The number of rotatable bonds is 8. The summed E-state index contributed by atoms with van der Waals surface area (Å²) in [6, 6.07) is 0.335. The van der Waals surface area contributed by atoms with E-state index < -0.39 is 0 Å². The van der Waals surface area contributed by atoms with Crippen molar-refractivity contribution in [2.75, 3.05) is 7.05 Å². The number of carbonyl (C=O) groups excluding carboxylic acids is 2. The summed E-state index contributed by atoms with van der Waals surface area (Å²) in [7, 11) is 1.85. The third kappa shape index (κ3) is 6.96. The number of hydrogen-bond acceptors (Lipinski definition) is 2. The number of nitrogens with zero attached hydrogens (tertiary/aromatic N) is 1. The normalized spacial score (nSPS) is 15.7. The molecule has 4 nitrogen and oxygen atoms in total. The van der Waals surface area contributed by atoms with Gasteiger partial charge in [0.2, 0.25) is 11.8 Å². The van der Waals surface area contributed by atoms with Crippen molar-refractivity contribution in [2.45, 2.75) is 73.4 Å². The minimum atomic E-state index is -0.000672. The lowest BCUT2D eigenvalue weighted by molar-refractivity contribution is -0.135. The first-order valence-electron chi connectivity index (χ1n) is 8.14. The average molecular weight is 298 g/mol. The van der Waals surface area contributed by atoms with Crippen molar-refractivity contribution in [2.24, 2.45) is 17.8 Å². The molecule has 0 heterocycles. The molecule has 0 aliphatic rings. The molecule has 0 saturated heterocycles. The highest BCUT2D eigenvalue weighted by Gasteiger charge is 2.21. The Hall–Kier alpha value is -1.06. The second kappa shape index (κ2) is 9.06. The lowest BCUT2D eigenvalue weighted by atomic mass is 9.96. The standard InChI is InChI=1S/C17H34N2O2/c1-11(2)15(7)16(20)18-14(6)10-9-13(5)17(21)19(8)12(3)4/h11-15H,9-10H2,1-8H3,(H,18,20)/t13-,14?,15-/m0/s1. The minimum absolute atomic E-state index is 0.000672. The lowest BCUT2D eigenvalue weighted by Crippen LogP contribution is -2.39. The molecular weight excluding hydrogens is 264 g/mol. The molecule has 0 aliphatic carbocycles. The van der Waals surface area contributed by atoms with Crippen LogP contribution < -0.4 is 5.32 Å². The van der Waals surface area contributed by atoms with Gasteiger partial charge in [0.25, 0.3) is 0 Å². The molecular formula is C17H34N2O2. The predicted molar refractivity (Wildman–Crippen MR) is 87.9 cm³/mol. The van der Waals surface area contributed by atoms with Crippen molar-refractivity contribution in [1.82, 2.24) is 10.2 Å². The van der Waals surface area contributed by atoms with Gasteiger partial charge in [0.1, 0.15) is 0 Å². The van der Waals surface area contributed by atoms with Crippen molar-refractivity contribution < 1.29 is 9.59 Å². The molecule has 4 heteroatoms. The smallest absolute Gasteiger partial charge is 0.225 e. The third-order valence-electron chi connectivity index (χ3n) is 4.38. The second-order valence-corrected chi connectivity index (χ2v) is 6.96. The summed E-state index contributed by atoms with van der Waals surface area (Å²) in [5, 5.41) is 3.04. The van der Waals surface area contributed by atoms with Crippen LogP contribution in [0, 0.1) is 17.8 Å². The topological polar surface area (TPSA) is 49.4 Å². The Morgan fingerprint density at radius 3 is 1.90 bits per heavy atom. The molecule has 0 saturated carbocycles. The molecule has 21 heavy (non-hydrogen) atoms. The van der Waals surface area contributed by atoms with Gasteiger partial charge in [-0.15, -0.1) is 0 Å². The molecule has 1 unspecified atom stereocenters. The molecule has 1 N–H and O–H groups in total. The SMILES string of the molecule is CC(CC[C@H](C)C(=O)N(C)C(C)C)NC(=O)[C@@H](C)C(C)C. The zero-order valence-corrected chi connectivity index (χ0v) is 15.1. The van der Waals surface area contributed by atoms with E-state index in [1.54, 1.807) is 4.90 Å². The summed E-state index contributed by atoms with van der Waals surface area (Å²) in [5.41, 5.74) is 0. The van der Waals surface area contributed by atoms with Gasteiger partial charge in [-0.25, -0.2) is 0 Å². The maximum atomic E-state index is 12.2. The van der Waals surface area contributed by atoms with Gasteiger partial charge in [-0.2, -0.15) is 0 Å². The van der Waals surface area contributed by atoms with E-state index in [0.717, 1.165) is 12.8 Å². The van der Waals surface area contributed by atoms with Gasteiger partial charge in [0.05, 0.1) is 0 Å². The van der Waals surface area contributed by atoms with Crippen LogP contribution in [0.25, 0.3) is 0 Å². The van der Waals surface area contributed by atoms with Crippen LogP contribution in [0.3, 0.4) is 0 Å². The molecule has 0 aromatic carbocycles. The van der Waals surface area contributed by atoms with Crippen LogP contribution in [0.1, 0.15) is 61.3 Å². The molecule has 0 radical (unpaired) electrons. The van der Waals surface area contributed by atoms with E-state index in [0.29, 0.717) is 5.92 Å².